The third kappa shape index (κ3) is 4.01. The molecule has 2 aromatic heterocycles. The number of hydrogen-bond acceptors (Lipinski definition) is 3. The van der Waals surface area contributed by atoms with Crippen LogP contribution in [0.5, 0.6) is 0 Å². The first-order valence-electron chi connectivity index (χ1n) is 13.0. The Balaban J connectivity index is 1.46. The summed E-state index contributed by atoms with van der Waals surface area (Å²) in [7, 11) is 0. The zero-order valence-electron chi connectivity index (χ0n) is 21.4. The average molecular weight is 504 g/mol. The summed E-state index contributed by atoms with van der Waals surface area (Å²) in [5.41, 5.74) is 9.46. The summed E-state index contributed by atoms with van der Waals surface area (Å²) in [5, 5.41) is 4.78. The van der Waals surface area contributed by atoms with Crippen molar-refractivity contribution in [1.29, 1.82) is 0 Å². The van der Waals surface area contributed by atoms with Crippen molar-refractivity contribution in [1.82, 2.24) is 24.3 Å². The van der Waals surface area contributed by atoms with Gasteiger partial charge in [-0.2, -0.15) is 5.10 Å². The highest BCUT2D eigenvalue weighted by Gasteiger charge is 2.20. The number of hydrogen-bond donors (Lipinski definition) is 0. The van der Waals surface area contributed by atoms with Gasteiger partial charge in [0.05, 0.1) is 16.7 Å². The fourth-order valence-electron chi connectivity index (χ4n) is 5.31. The first-order chi connectivity index (χ1) is 19.3. The van der Waals surface area contributed by atoms with Crippen molar-refractivity contribution < 1.29 is 0 Å². The quantitative estimate of drug-likeness (QED) is 0.240. The molecular weight excluding hydrogens is 478 g/mol. The second kappa shape index (κ2) is 9.54. The zero-order valence-corrected chi connectivity index (χ0v) is 21.4. The topological polar surface area (TPSA) is 48.5 Å². The molecular formula is C34H25N5. The Morgan fingerprint density at radius 1 is 0.590 bits per heavy atom. The van der Waals surface area contributed by atoms with Gasteiger partial charge in [0.25, 0.3) is 0 Å². The summed E-state index contributed by atoms with van der Waals surface area (Å²) < 4.78 is 4.16. The lowest BCUT2D eigenvalue weighted by atomic mass is 9.95. The van der Waals surface area contributed by atoms with Crippen molar-refractivity contribution >= 4 is 11.0 Å². The van der Waals surface area contributed by atoms with Crippen molar-refractivity contribution in [2.75, 3.05) is 0 Å². The van der Waals surface area contributed by atoms with E-state index in [9.17, 15) is 0 Å². The predicted molar refractivity (Wildman–Crippen MR) is 157 cm³/mol. The van der Waals surface area contributed by atoms with Gasteiger partial charge >= 0.3 is 0 Å². The third-order valence-corrected chi connectivity index (χ3v) is 7.06. The summed E-state index contributed by atoms with van der Waals surface area (Å²) >= 11 is 0. The minimum absolute atomic E-state index is 0.774. The number of nitrogens with zero attached hydrogens (tertiary/aromatic N) is 5. The first kappa shape index (κ1) is 22.9. The van der Waals surface area contributed by atoms with Gasteiger partial charge in [0.1, 0.15) is 12.2 Å². The predicted octanol–water partition coefficient (Wildman–Crippen LogP) is 7.92. The Morgan fingerprint density at radius 3 is 1.85 bits per heavy atom. The molecule has 7 aromatic rings. The number of fused-ring (bicyclic) bond motifs is 1. The summed E-state index contributed by atoms with van der Waals surface area (Å²) in [4.78, 5) is 9.59. The lowest BCUT2D eigenvalue weighted by Gasteiger charge is -2.17. The maximum Gasteiger partial charge on any atom is 0.163 e. The number of rotatable bonds is 5. The second-order valence-electron chi connectivity index (χ2n) is 9.46. The molecule has 0 saturated heterocycles. The van der Waals surface area contributed by atoms with Crippen LogP contribution < -0.4 is 0 Å². The first-order valence-corrected chi connectivity index (χ1v) is 13.0. The van der Waals surface area contributed by atoms with E-state index in [1.807, 2.05) is 41.9 Å². The van der Waals surface area contributed by atoms with E-state index in [1.165, 1.54) is 0 Å². The Morgan fingerprint density at radius 2 is 1.21 bits per heavy atom. The fraction of sp³-hybridized carbons (Fsp3) is 0.0294. The zero-order chi connectivity index (χ0) is 26.2. The van der Waals surface area contributed by atoms with Crippen LogP contribution in [0.4, 0.5) is 0 Å². The Hall–Kier alpha value is -5.29. The van der Waals surface area contributed by atoms with Crippen LogP contribution in [0.15, 0.2) is 134 Å². The normalized spacial score (nSPS) is 11.2. The Labute approximate surface area is 226 Å². The third-order valence-electron chi connectivity index (χ3n) is 7.06. The molecule has 0 spiro atoms. The summed E-state index contributed by atoms with van der Waals surface area (Å²) in [5.74, 6) is 1.71. The monoisotopic (exact) mass is 503 g/mol. The molecule has 0 aliphatic heterocycles. The summed E-state index contributed by atoms with van der Waals surface area (Å²) in [6, 6.07) is 43.9. The smallest absolute Gasteiger partial charge is 0.163 e. The van der Waals surface area contributed by atoms with Crippen LogP contribution in [0.3, 0.4) is 0 Å². The van der Waals surface area contributed by atoms with E-state index in [4.69, 9.17) is 15.1 Å². The lowest BCUT2D eigenvalue weighted by Crippen LogP contribution is -2.04. The number of para-hydroxylation sites is 2. The van der Waals surface area contributed by atoms with E-state index in [-0.39, 0.29) is 0 Å². The molecule has 0 saturated carbocycles. The highest BCUT2D eigenvalue weighted by Crippen LogP contribution is 2.37. The van der Waals surface area contributed by atoms with E-state index in [0.29, 0.717) is 0 Å². The molecule has 0 amide bonds. The van der Waals surface area contributed by atoms with E-state index in [2.05, 4.69) is 102 Å². The molecule has 5 nitrogen and oxygen atoms in total. The Bertz CT molecular complexity index is 1840. The summed E-state index contributed by atoms with van der Waals surface area (Å²) in [6.45, 7) is 2.04. The molecule has 0 atom stereocenters. The largest absolute Gasteiger partial charge is 0.297 e. The van der Waals surface area contributed by atoms with Gasteiger partial charge in [-0.25, -0.2) is 14.6 Å². The standard InChI is InChI=1S/C34H25N5/c1-24-37-31-21-20-27(22-32(31)38(24)28-16-9-4-10-17-28)34-35-23-36-39(34)33-29(25-12-5-2-6-13-25)18-11-19-30(33)26-14-7-3-8-15-26/h2-23H,1H3. The number of aryl methyl sites for hydroxylation is 1. The van der Waals surface area contributed by atoms with Crippen molar-refractivity contribution in [2.45, 2.75) is 6.92 Å². The molecule has 2 heterocycles. The molecule has 0 fully saturated rings. The van der Waals surface area contributed by atoms with Crippen LogP contribution in [0.25, 0.3) is 56.0 Å². The highest BCUT2D eigenvalue weighted by molar-refractivity contribution is 5.87. The Kier molecular flexibility index (Phi) is 5.60. The van der Waals surface area contributed by atoms with E-state index >= 15 is 0 Å². The van der Waals surface area contributed by atoms with Crippen molar-refractivity contribution in [3.8, 4) is 45.0 Å². The molecule has 0 aliphatic carbocycles. The van der Waals surface area contributed by atoms with Gasteiger partial charge in [0.15, 0.2) is 5.82 Å². The van der Waals surface area contributed by atoms with Gasteiger partial charge < -0.3 is 0 Å². The van der Waals surface area contributed by atoms with Crippen molar-refractivity contribution in [3.05, 3.63) is 140 Å². The van der Waals surface area contributed by atoms with Gasteiger partial charge in [-0.05, 0) is 48.4 Å². The van der Waals surface area contributed by atoms with E-state index < -0.39 is 0 Å². The number of aromatic nitrogens is 5. The maximum absolute atomic E-state index is 4.82. The molecule has 5 heteroatoms. The lowest BCUT2D eigenvalue weighted by molar-refractivity contribution is 0.890. The molecule has 7 rings (SSSR count). The minimum atomic E-state index is 0.774. The van der Waals surface area contributed by atoms with E-state index in [1.54, 1.807) is 6.33 Å². The molecule has 0 bridgehead atoms. The van der Waals surface area contributed by atoms with Gasteiger partial charge in [-0.15, -0.1) is 0 Å². The van der Waals surface area contributed by atoms with Crippen molar-refractivity contribution in [2.24, 2.45) is 0 Å². The van der Waals surface area contributed by atoms with E-state index in [0.717, 1.165) is 61.9 Å². The molecule has 0 aliphatic rings. The summed E-state index contributed by atoms with van der Waals surface area (Å²) in [6.07, 6.45) is 1.63. The van der Waals surface area contributed by atoms with Crippen molar-refractivity contribution in [3.63, 3.8) is 0 Å². The van der Waals surface area contributed by atoms with Gasteiger partial charge in [0.2, 0.25) is 0 Å². The van der Waals surface area contributed by atoms with Crippen LogP contribution in [0.1, 0.15) is 5.82 Å². The van der Waals surface area contributed by atoms with Gasteiger partial charge in [-0.3, -0.25) is 4.57 Å². The SMILES string of the molecule is Cc1nc2ccc(-c3ncnn3-c3c(-c4ccccc4)cccc3-c3ccccc3)cc2n1-c1ccccc1. The molecule has 5 aromatic carbocycles. The molecule has 0 N–H and O–H groups in total. The second-order valence-corrected chi connectivity index (χ2v) is 9.46. The van der Waals surface area contributed by atoms with Gasteiger partial charge in [0, 0.05) is 22.4 Å². The highest BCUT2D eigenvalue weighted by atomic mass is 15.3. The fourth-order valence-corrected chi connectivity index (χ4v) is 5.31. The van der Waals surface area contributed by atoms with Crippen LogP contribution in [0.2, 0.25) is 0 Å². The number of benzene rings is 5. The average Bonchev–Trinajstić information content (AvgIpc) is 3.61. The number of imidazole rings is 1. The van der Waals surface area contributed by atoms with Crippen LogP contribution in [0, 0.1) is 6.92 Å². The van der Waals surface area contributed by atoms with Crippen LogP contribution in [-0.4, -0.2) is 24.3 Å². The molecule has 0 radical (unpaired) electrons. The van der Waals surface area contributed by atoms with Crippen LogP contribution >= 0.6 is 0 Å². The molecule has 39 heavy (non-hydrogen) atoms. The molecule has 0 unspecified atom stereocenters. The van der Waals surface area contributed by atoms with Crippen LogP contribution in [-0.2, 0) is 0 Å². The maximum atomic E-state index is 4.82. The van der Waals surface area contributed by atoms with Gasteiger partial charge in [-0.1, -0.05) is 97.1 Å². The minimum Gasteiger partial charge on any atom is -0.297 e. The molecule has 186 valence electrons.